The number of aromatic nitrogens is 3. The molecular weight excluding hydrogens is 306 g/mol. The Morgan fingerprint density at radius 3 is 2.75 bits per heavy atom. The molecule has 0 aliphatic carbocycles. The molecule has 1 atom stereocenters. The molecule has 1 unspecified atom stereocenters. The van der Waals surface area contributed by atoms with Crippen LogP contribution in [0.4, 0.5) is 11.8 Å². The van der Waals surface area contributed by atoms with Gasteiger partial charge in [0.2, 0.25) is 11.5 Å². The van der Waals surface area contributed by atoms with Gasteiger partial charge in [-0.3, -0.25) is 4.79 Å². The third-order valence-corrected chi connectivity index (χ3v) is 4.38. The number of nitrogens with one attached hydrogen (secondary N) is 2. The normalized spacial score (nSPS) is 15.5. The van der Waals surface area contributed by atoms with Crippen LogP contribution in [0.1, 0.15) is 35.9 Å². The highest BCUT2D eigenvalue weighted by atomic mass is 16.3. The molecule has 1 aliphatic heterocycles. The summed E-state index contributed by atoms with van der Waals surface area (Å²) in [5.74, 6) is 1.46. The zero-order valence-corrected chi connectivity index (χ0v) is 14.0. The van der Waals surface area contributed by atoms with Crippen LogP contribution >= 0.6 is 0 Å². The first-order valence-corrected chi connectivity index (χ1v) is 8.26. The lowest BCUT2D eigenvalue weighted by molar-refractivity contribution is 0.186. The molecule has 3 N–H and O–H groups in total. The van der Waals surface area contributed by atoms with Crippen molar-refractivity contribution < 1.29 is 5.11 Å². The summed E-state index contributed by atoms with van der Waals surface area (Å²) in [4.78, 5) is 25.4. The van der Waals surface area contributed by atoms with Crippen molar-refractivity contribution in [2.75, 3.05) is 29.9 Å². The quantitative estimate of drug-likeness (QED) is 0.770. The lowest BCUT2D eigenvalue weighted by Crippen LogP contribution is -2.23. The lowest BCUT2D eigenvalue weighted by atomic mass is 10.2. The summed E-state index contributed by atoms with van der Waals surface area (Å²) in [6, 6.07) is 4.74. The van der Waals surface area contributed by atoms with Gasteiger partial charge in [-0.25, -0.2) is 4.98 Å². The molecule has 0 bridgehead atoms. The van der Waals surface area contributed by atoms with Crippen LogP contribution < -0.4 is 15.8 Å². The van der Waals surface area contributed by atoms with E-state index >= 15 is 0 Å². The highest BCUT2D eigenvalue weighted by Gasteiger charge is 2.18. The van der Waals surface area contributed by atoms with E-state index in [0.29, 0.717) is 5.69 Å². The van der Waals surface area contributed by atoms with E-state index in [2.05, 4.69) is 25.2 Å². The fourth-order valence-electron chi connectivity index (χ4n) is 2.81. The summed E-state index contributed by atoms with van der Waals surface area (Å²) in [6.07, 6.45) is 1.52. The molecule has 3 rings (SSSR count). The Morgan fingerprint density at radius 2 is 2.04 bits per heavy atom. The molecule has 0 aromatic carbocycles. The van der Waals surface area contributed by atoms with Crippen molar-refractivity contribution in [2.24, 2.45) is 0 Å². The van der Waals surface area contributed by atoms with Crippen LogP contribution in [0.15, 0.2) is 23.0 Å². The van der Waals surface area contributed by atoms with Crippen molar-refractivity contribution in [3.63, 3.8) is 0 Å². The van der Waals surface area contributed by atoms with Gasteiger partial charge in [-0.1, -0.05) is 6.07 Å². The van der Waals surface area contributed by atoms with Gasteiger partial charge in [0, 0.05) is 42.7 Å². The molecule has 24 heavy (non-hydrogen) atoms. The Kier molecular flexibility index (Phi) is 4.80. The van der Waals surface area contributed by atoms with E-state index in [0.717, 1.165) is 36.1 Å². The Labute approximate surface area is 140 Å². The van der Waals surface area contributed by atoms with Gasteiger partial charge in [0.1, 0.15) is 11.9 Å². The van der Waals surface area contributed by atoms with Crippen LogP contribution in [0.2, 0.25) is 0 Å². The molecule has 0 saturated carbocycles. The van der Waals surface area contributed by atoms with Gasteiger partial charge in [-0.05, 0) is 32.8 Å². The molecule has 2 aromatic heterocycles. The summed E-state index contributed by atoms with van der Waals surface area (Å²) < 4.78 is 0. The fraction of sp³-hybridized carbons (Fsp3) is 0.471. The summed E-state index contributed by atoms with van der Waals surface area (Å²) >= 11 is 0. The van der Waals surface area contributed by atoms with Crippen molar-refractivity contribution in [3.05, 3.63) is 45.5 Å². The van der Waals surface area contributed by atoms with Gasteiger partial charge in [-0.2, -0.15) is 4.98 Å². The molecule has 1 aliphatic rings. The van der Waals surface area contributed by atoms with E-state index < -0.39 is 6.10 Å². The van der Waals surface area contributed by atoms with E-state index in [-0.39, 0.29) is 12.1 Å². The Morgan fingerprint density at radius 1 is 1.29 bits per heavy atom. The van der Waals surface area contributed by atoms with Crippen LogP contribution in [0.5, 0.6) is 0 Å². The van der Waals surface area contributed by atoms with Crippen molar-refractivity contribution in [3.8, 4) is 0 Å². The monoisotopic (exact) mass is 329 g/mol. The molecular formula is C17H23N5O2. The number of pyridine rings is 1. The van der Waals surface area contributed by atoms with Crippen molar-refractivity contribution >= 4 is 11.8 Å². The third kappa shape index (κ3) is 3.56. The standard InChI is InChI=1S/C17H23N5O2/c1-11-12(2)19-17(22-8-3-4-9-22)21-16(11)18-10-14(23)13-6-5-7-15(24)20-13/h5-7,14,23H,3-4,8-10H2,1-2H3,(H,20,24)(H,18,19,21). The number of anilines is 2. The second kappa shape index (κ2) is 7.00. The molecule has 2 aromatic rings. The van der Waals surface area contributed by atoms with Crippen LogP contribution in [0.3, 0.4) is 0 Å². The van der Waals surface area contributed by atoms with Crippen LogP contribution in [-0.4, -0.2) is 39.7 Å². The van der Waals surface area contributed by atoms with Crippen LogP contribution in [-0.2, 0) is 0 Å². The maximum Gasteiger partial charge on any atom is 0.248 e. The second-order valence-corrected chi connectivity index (χ2v) is 6.14. The number of hydrogen-bond donors (Lipinski definition) is 3. The van der Waals surface area contributed by atoms with E-state index in [4.69, 9.17) is 0 Å². The zero-order valence-electron chi connectivity index (χ0n) is 14.0. The number of aliphatic hydroxyl groups excluding tert-OH is 1. The van der Waals surface area contributed by atoms with Gasteiger partial charge < -0.3 is 20.3 Å². The minimum Gasteiger partial charge on any atom is -0.385 e. The number of aryl methyl sites for hydroxylation is 1. The first-order chi connectivity index (χ1) is 11.5. The topological polar surface area (TPSA) is 94.1 Å². The van der Waals surface area contributed by atoms with E-state index in [9.17, 15) is 9.90 Å². The maximum absolute atomic E-state index is 11.3. The maximum atomic E-state index is 11.3. The zero-order chi connectivity index (χ0) is 17.1. The van der Waals surface area contributed by atoms with Gasteiger partial charge in [-0.15, -0.1) is 0 Å². The lowest BCUT2D eigenvalue weighted by Gasteiger charge is -2.19. The average Bonchev–Trinajstić information content (AvgIpc) is 3.10. The second-order valence-electron chi connectivity index (χ2n) is 6.14. The molecule has 1 fully saturated rings. The molecule has 128 valence electrons. The predicted molar refractivity (Wildman–Crippen MR) is 93.5 cm³/mol. The smallest absolute Gasteiger partial charge is 0.248 e. The summed E-state index contributed by atoms with van der Waals surface area (Å²) in [6.45, 7) is 6.15. The Bertz CT molecular complexity index is 768. The number of hydrogen-bond acceptors (Lipinski definition) is 6. The molecule has 0 amide bonds. The first kappa shape index (κ1) is 16.4. The highest BCUT2D eigenvalue weighted by Crippen LogP contribution is 2.22. The van der Waals surface area contributed by atoms with Crippen LogP contribution in [0, 0.1) is 13.8 Å². The molecule has 7 nitrogen and oxygen atoms in total. The highest BCUT2D eigenvalue weighted by molar-refractivity contribution is 5.50. The number of rotatable bonds is 5. The Hall–Kier alpha value is -2.41. The summed E-state index contributed by atoms with van der Waals surface area (Å²) in [5.41, 5.74) is 2.15. The van der Waals surface area contributed by atoms with E-state index in [1.165, 1.54) is 18.9 Å². The molecule has 1 saturated heterocycles. The van der Waals surface area contributed by atoms with Gasteiger partial charge in [0.15, 0.2) is 0 Å². The number of aliphatic hydroxyl groups is 1. The average molecular weight is 329 g/mol. The minimum absolute atomic E-state index is 0.225. The largest absolute Gasteiger partial charge is 0.385 e. The Balaban J connectivity index is 1.75. The van der Waals surface area contributed by atoms with Crippen LogP contribution in [0.25, 0.3) is 0 Å². The minimum atomic E-state index is -0.816. The van der Waals surface area contributed by atoms with Gasteiger partial charge in [0.25, 0.3) is 0 Å². The van der Waals surface area contributed by atoms with E-state index in [1.807, 2.05) is 13.8 Å². The molecule has 0 radical (unpaired) electrons. The number of nitrogens with zero attached hydrogens (tertiary/aromatic N) is 3. The van der Waals surface area contributed by atoms with Gasteiger partial charge in [0.05, 0.1) is 0 Å². The first-order valence-electron chi connectivity index (χ1n) is 8.26. The summed E-state index contributed by atoms with van der Waals surface area (Å²) in [7, 11) is 0. The van der Waals surface area contributed by atoms with Crippen molar-refractivity contribution in [2.45, 2.75) is 32.8 Å². The third-order valence-electron chi connectivity index (χ3n) is 4.38. The van der Waals surface area contributed by atoms with E-state index in [1.54, 1.807) is 12.1 Å². The van der Waals surface area contributed by atoms with Crippen molar-refractivity contribution in [1.29, 1.82) is 0 Å². The predicted octanol–water partition coefficient (Wildman–Crippen LogP) is 1.53. The van der Waals surface area contributed by atoms with Crippen molar-refractivity contribution in [1.82, 2.24) is 15.0 Å². The molecule has 0 spiro atoms. The summed E-state index contributed by atoms with van der Waals surface area (Å²) in [5, 5.41) is 13.4. The SMILES string of the molecule is Cc1nc(N2CCCC2)nc(NCC(O)c2cccc(=O)[nH]2)c1C. The fourth-order valence-corrected chi connectivity index (χ4v) is 2.81. The molecule has 7 heteroatoms. The van der Waals surface area contributed by atoms with Gasteiger partial charge >= 0.3 is 0 Å². The molecule has 3 heterocycles. The number of aromatic amines is 1. The number of H-pyrrole nitrogens is 1.